The smallest absolute Gasteiger partial charge is 0.254 e. The zero-order valence-electron chi connectivity index (χ0n) is 17.1. The molecule has 154 valence electrons. The summed E-state index contributed by atoms with van der Waals surface area (Å²) in [5.41, 5.74) is 3.25. The van der Waals surface area contributed by atoms with Crippen molar-refractivity contribution < 1.29 is 18.7 Å². The highest BCUT2D eigenvalue weighted by Crippen LogP contribution is 2.31. The summed E-state index contributed by atoms with van der Waals surface area (Å²) in [4.78, 5) is 26.4. The van der Waals surface area contributed by atoms with Gasteiger partial charge in [0.2, 0.25) is 5.91 Å². The number of hydrogen-bond donors (Lipinski definition) is 1. The average molecular weight is 404 g/mol. The average Bonchev–Trinajstić information content (AvgIpc) is 3.22. The van der Waals surface area contributed by atoms with Crippen molar-refractivity contribution in [3.63, 3.8) is 0 Å². The van der Waals surface area contributed by atoms with Crippen molar-refractivity contribution in [2.75, 3.05) is 19.0 Å². The lowest BCUT2D eigenvalue weighted by atomic mass is 10.1. The number of amides is 2. The van der Waals surface area contributed by atoms with Gasteiger partial charge < -0.3 is 19.4 Å². The molecule has 6 nitrogen and oxygen atoms in total. The number of nitrogens with zero attached hydrogens (tertiary/aromatic N) is 1. The third-order valence-electron chi connectivity index (χ3n) is 5.22. The predicted octanol–water partition coefficient (Wildman–Crippen LogP) is 4.50. The molecule has 0 unspecified atom stereocenters. The van der Waals surface area contributed by atoms with Gasteiger partial charge in [-0.05, 0) is 36.4 Å². The van der Waals surface area contributed by atoms with Gasteiger partial charge in [0.1, 0.15) is 17.3 Å². The maximum atomic E-state index is 12.9. The van der Waals surface area contributed by atoms with Crippen LogP contribution in [-0.2, 0) is 17.8 Å². The number of carbonyl (C=O) groups is 2. The van der Waals surface area contributed by atoms with Crippen molar-refractivity contribution in [2.24, 2.45) is 0 Å². The summed E-state index contributed by atoms with van der Waals surface area (Å²) in [6.07, 6.45) is 1.09. The lowest BCUT2D eigenvalue weighted by Crippen LogP contribution is -2.35. The first-order valence-electron chi connectivity index (χ1n) is 10.0. The van der Waals surface area contributed by atoms with Crippen molar-refractivity contribution in [1.29, 1.82) is 0 Å². The van der Waals surface area contributed by atoms with E-state index in [0.717, 1.165) is 28.3 Å². The Hall–Kier alpha value is -3.54. The number of hydrogen-bond acceptors (Lipinski definition) is 4. The third-order valence-corrected chi connectivity index (χ3v) is 5.22. The number of furan rings is 1. The molecule has 4 rings (SSSR count). The fourth-order valence-electron chi connectivity index (χ4n) is 3.59. The molecule has 1 aromatic heterocycles. The number of benzene rings is 2. The van der Waals surface area contributed by atoms with Crippen LogP contribution in [0.4, 0.5) is 5.69 Å². The van der Waals surface area contributed by atoms with Crippen LogP contribution in [0.15, 0.2) is 59.0 Å². The molecule has 0 bridgehead atoms. The highest BCUT2D eigenvalue weighted by molar-refractivity contribution is 5.94. The van der Waals surface area contributed by atoms with Crippen LogP contribution in [0, 0.1) is 0 Å². The summed E-state index contributed by atoms with van der Waals surface area (Å²) in [5, 5.41) is 2.87. The Kier molecular flexibility index (Phi) is 5.57. The lowest BCUT2D eigenvalue weighted by Gasteiger charge is -2.26. The molecule has 0 atom stereocenters. The van der Waals surface area contributed by atoms with E-state index in [9.17, 15) is 9.59 Å². The van der Waals surface area contributed by atoms with Crippen LogP contribution in [0.5, 0.6) is 5.75 Å². The molecule has 2 amide bonds. The standard InChI is InChI=1S/C24H24N2O4/c1-3-23(27)25-19-8-4-6-16(12-19)22-14-18-15-26(11-10-21(18)30-22)24(28)17-7-5-9-20(13-17)29-2/h4-9,12-14H,3,10-11,15H2,1-2H3,(H,25,27). The molecule has 6 heteroatoms. The first-order chi connectivity index (χ1) is 14.6. The number of carbonyl (C=O) groups excluding carboxylic acids is 2. The molecular weight excluding hydrogens is 380 g/mol. The molecule has 1 N–H and O–H groups in total. The number of methoxy groups -OCH3 is 1. The Morgan fingerprint density at radius 1 is 1.13 bits per heavy atom. The number of ether oxygens (including phenoxy) is 1. The maximum absolute atomic E-state index is 12.9. The van der Waals surface area contributed by atoms with Crippen molar-refractivity contribution >= 4 is 17.5 Å². The predicted molar refractivity (Wildman–Crippen MR) is 115 cm³/mol. The zero-order chi connectivity index (χ0) is 21.1. The summed E-state index contributed by atoms with van der Waals surface area (Å²) >= 11 is 0. The van der Waals surface area contributed by atoms with E-state index in [-0.39, 0.29) is 11.8 Å². The minimum atomic E-state index is -0.0300. The van der Waals surface area contributed by atoms with Gasteiger partial charge in [-0.2, -0.15) is 0 Å². The molecule has 0 aliphatic carbocycles. The normalized spacial score (nSPS) is 12.9. The van der Waals surface area contributed by atoms with E-state index in [4.69, 9.17) is 9.15 Å². The number of nitrogens with one attached hydrogen (secondary N) is 1. The van der Waals surface area contributed by atoms with E-state index in [1.54, 1.807) is 19.2 Å². The van der Waals surface area contributed by atoms with E-state index >= 15 is 0 Å². The summed E-state index contributed by atoms with van der Waals surface area (Å²) < 4.78 is 11.3. The van der Waals surface area contributed by atoms with Gasteiger partial charge in [0.05, 0.1) is 7.11 Å². The van der Waals surface area contributed by atoms with Crippen LogP contribution in [0.25, 0.3) is 11.3 Å². The molecule has 1 aliphatic heterocycles. The van der Waals surface area contributed by atoms with Crippen LogP contribution >= 0.6 is 0 Å². The maximum Gasteiger partial charge on any atom is 0.254 e. The summed E-state index contributed by atoms with van der Waals surface area (Å²) in [7, 11) is 1.59. The zero-order valence-corrected chi connectivity index (χ0v) is 17.1. The number of rotatable bonds is 5. The summed E-state index contributed by atoms with van der Waals surface area (Å²) in [6.45, 7) is 2.92. The number of fused-ring (bicyclic) bond motifs is 1. The monoisotopic (exact) mass is 404 g/mol. The molecule has 0 spiro atoms. The minimum Gasteiger partial charge on any atom is -0.497 e. The van der Waals surface area contributed by atoms with Crippen molar-refractivity contribution in [2.45, 2.75) is 26.3 Å². The van der Waals surface area contributed by atoms with Gasteiger partial charge in [-0.1, -0.05) is 25.1 Å². The van der Waals surface area contributed by atoms with E-state index in [1.165, 1.54) is 0 Å². The molecule has 2 aromatic carbocycles. The molecule has 2 heterocycles. The van der Waals surface area contributed by atoms with E-state index < -0.39 is 0 Å². The molecule has 0 radical (unpaired) electrons. The van der Waals surface area contributed by atoms with Gasteiger partial charge in [0.25, 0.3) is 5.91 Å². The Morgan fingerprint density at radius 3 is 2.77 bits per heavy atom. The molecular formula is C24H24N2O4. The van der Waals surface area contributed by atoms with Crippen molar-refractivity contribution in [1.82, 2.24) is 4.90 Å². The van der Waals surface area contributed by atoms with Gasteiger partial charge >= 0.3 is 0 Å². The second kappa shape index (κ2) is 8.45. The number of anilines is 1. The van der Waals surface area contributed by atoms with Gasteiger partial charge in [-0.3, -0.25) is 9.59 Å². The van der Waals surface area contributed by atoms with Crippen LogP contribution in [-0.4, -0.2) is 30.4 Å². The molecule has 0 saturated heterocycles. The second-order valence-electron chi connectivity index (χ2n) is 7.25. The molecule has 1 aliphatic rings. The van der Waals surface area contributed by atoms with Gasteiger partial charge in [0.15, 0.2) is 0 Å². The first kappa shape index (κ1) is 19.8. The molecule has 0 saturated carbocycles. The first-order valence-corrected chi connectivity index (χ1v) is 10.0. The Morgan fingerprint density at radius 2 is 1.97 bits per heavy atom. The van der Waals surface area contributed by atoms with Crippen molar-refractivity contribution in [3.05, 3.63) is 71.5 Å². The molecule has 0 fully saturated rings. The third kappa shape index (κ3) is 4.08. The van der Waals surface area contributed by atoms with Crippen LogP contribution in [0.3, 0.4) is 0 Å². The van der Waals surface area contributed by atoms with Crippen LogP contribution in [0.1, 0.15) is 35.0 Å². The highest BCUT2D eigenvalue weighted by Gasteiger charge is 2.25. The summed E-state index contributed by atoms with van der Waals surface area (Å²) in [5.74, 6) is 2.26. The van der Waals surface area contributed by atoms with E-state index in [1.807, 2.05) is 54.3 Å². The Bertz CT molecular complexity index is 1090. The minimum absolute atomic E-state index is 0.0217. The van der Waals surface area contributed by atoms with E-state index in [0.29, 0.717) is 37.2 Å². The topological polar surface area (TPSA) is 71.8 Å². The van der Waals surface area contributed by atoms with Gasteiger partial charge in [-0.15, -0.1) is 0 Å². The Balaban J connectivity index is 1.53. The summed E-state index contributed by atoms with van der Waals surface area (Å²) in [6, 6.07) is 16.8. The largest absolute Gasteiger partial charge is 0.497 e. The second-order valence-corrected chi connectivity index (χ2v) is 7.25. The fourth-order valence-corrected chi connectivity index (χ4v) is 3.59. The van der Waals surface area contributed by atoms with E-state index in [2.05, 4.69) is 5.32 Å². The van der Waals surface area contributed by atoms with Crippen molar-refractivity contribution in [3.8, 4) is 17.1 Å². The fraction of sp³-hybridized carbons (Fsp3) is 0.250. The van der Waals surface area contributed by atoms with Crippen LogP contribution in [0.2, 0.25) is 0 Å². The van der Waals surface area contributed by atoms with Gasteiger partial charge in [-0.25, -0.2) is 0 Å². The molecule has 3 aromatic rings. The lowest BCUT2D eigenvalue weighted by molar-refractivity contribution is -0.115. The SMILES string of the molecule is CCC(=O)Nc1cccc(-c2cc3c(o2)CCN(C(=O)c2cccc(OC)c2)C3)c1. The quantitative estimate of drug-likeness (QED) is 0.680. The molecule has 30 heavy (non-hydrogen) atoms. The van der Waals surface area contributed by atoms with Gasteiger partial charge in [0, 0.05) is 48.3 Å². The van der Waals surface area contributed by atoms with Crippen LogP contribution < -0.4 is 10.1 Å². The Labute approximate surface area is 175 Å². The highest BCUT2D eigenvalue weighted by atomic mass is 16.5.